The van der Waals surface area contributed by atoms with Crippen LogP contribution in [0.4, 0.5) is 4.39 Å². The van der Waals surface area contributed by atoms with Gasteiger partial charge in [-0.2, -0.15) is 0 Å². The fourth-order valence-corrected chi connectivity index (χ4v) is 3.81. The molecule has 0 radical (unpaired) electrons. The molecule has 2 nitrogen and oxygen atoms in total. The molecule has 0 aromatic heterocycles. The van der Waals surface area contributed by atoms with Crippen molar-refractivity contribution in [3.05, 3.63) is 35.6 Å². The third-order valence-electron chi connectivity index (χ3n) is 5.02. The first-order valence-electron chi connectivity index (χ1n) is 7.91. The number of nitrogens with one attached hydrogen (secondary N) is 1. The molecule has 2 fully saturated rings. The summed E-state index contributed by atoms with van der Waals surface area (Å²) >= 11 is 0. The first kappa shape index (κ1) is 14.0. The van der Waals surface area contributed by atoms with Gasteiger partial charge in [0.05, 0.1) is 0 Å². The lowest BCUT2D eigenvalue weighted by molar-refractivity contribution is 0.00616. The van der Waals surface area contributed by atoms with Crippen LogP contribution in [-0.4, -0.2) is 29.6 Å². The first-order valence-corrected chi connectivity index (χ1v) is 7.91. The van der Waals surface area contributed by atoms with Crippen LogP contribution in [-0.2, 0) is 6.54 Å². The van der Waals surface area contributed by atoms with Gasteiger partial charge in [-0.1, -0.05) is 31.4 Å². The van der Waals surface area contributed by atoms with E-state index in [1.807, 2.05) is 12.1 Å². The third kappa shape index (κ3) is 2.89. The molecule has 1 spiro atoms. The van der Waals surface area contributed by atoms with Crippen LogP contribution < -0.4 is 5.32 Å². The Bertz CT molecular complexity index is 437. The minimum absolute atomic E-state index is 0.144. The summed E-state index contributed by atoms with van der Waals surface area (Å²) in [5.74, 6) is -0.144. The second-order valence-corrected chi connectivity index (χ2v) is 6.57. The zero-order chi connectivity index (χ0) is 14.0. The molecule has 110 valence electrons. The normalized spacial score (nSPS) is 26.8. The van der Waals surface area contributed by atoms with Crippen molar-refractivity contribution in [2.24, 2.45) is 0 Å². The van der Waals surface area contributed by atoms with Crippen molar-refractivity contribution in [1.29, 1.82) is 0 Å². The van der Waals surface area contributed by atoms with Crippen molar-refractivity contribution in [2.75, 3.05) is 13.1 Å². The first-order chi connectivity index (χ1) is 9.68. The molecule has 1 aliphatic carbocycles. The number of benzene rings is 1. The minimum Gasteiger partial charge on any atom is -0.311 e. The maximum Gasteiger partial charge on any atom is 0.123 e. The van der Waals surface area contributed by atoms with E-state index in [4.69, 9.17) is 0 Å². The predicted octanol–water partition coefficient (Wildman–Crippen LogP) is 3.32. The molecule has 1 aromatic rings. The molecule has 2 aliphatic rings. The molecule has 20 heavy (non-hydrogen) atoms. The predicted molar refractivity (Wildman–Crippen MR) is 80.1 cm³/mol. The van der Waals surface area contributed by atoms with E-state index in [9.17, 15) is 4.39 Å². The highest BCUT2D eigenvalue weighted by Crippen LogP contribution is 2.36. The van der Waals surface area contributed by atoms with Gasteiger partial charge in [-0.25, -0.2) is 4.39 Å². The Morgan fingerprint density at radius 2 is 1.90 bits per heavy atom. The zero-order valence-corrected chi connectivity index (χ0v) is 12.4. The molecule has 1 aliphatic heterocycles. The Balaban J connectivity index is 1.77. The number of halogens is 1. The monoisotopic (exact) mass is 276 g/mol. The zero-order valence-electron chi connectivity index (χ0n) is 12.4. The lowest BCUT2D eigenvalue weighted by Crippen LogP contribution is -2.64. The van der Waals surface area contributed by atoms with Crippen LogP contribution in [0.1, 0.15) is 44.6 Å². The number of hydrogen-bond acceptors (Lipinski definition) is 2. The van der Waals surface area contributed by atoms with E-state index < -0.39 is 0 Å². The molecule has 1 N–H and O–H groups in total. The molecular formula is C17H25FN2. The summed E-state index contributed by atoms with van der Waals surface area (Å²) in [5, 5.41) is 3.67. The summed E-state index contributed by atoms with van der Waals surface area (Å²) < 4.78 is 13.1. The Morgan fingerprint density at radius 3 is 2.60 bits per heavy atom. The lowest BCUT2D eigenvalue weighted by atomic mass is 9.78. The summed E-state index contributed by atoms with van der Waals surface area (Å²) in [6.07, 6.45) is 6.66. The molecule has 1 saturated heterocycles. The Labute approximate surface area is 121 Å². The van der Waals surface area contributed by atoms with Gasteiger partial charge in [0.1, 0.15) is 5.82 Å². The van der Waals surface area contributed by atoms with E-state index in [2.05, 4.69) is 17.1 Å². The smallest absolute Gasteiger partial charge is 0.123 e. The number of piperazine rings is 1. The highest BCUT2D eigenvalue weighted by atomic mass is 19.1. The molecule has 0 bridgehead atoms. The SMILES string of the molecule is CC1CN(Cc2ccc(F)cc2)C2(CCCCC2)CN1. The molecule has 1 unspecified atom stereocenters. The van der Waals surface area contributed by atoms with Gasteiger partial charge < -0.3 is 5.32 Å². The quantitative estimate of drug-likeness (QED) is 0.891. The van der Waals surface area contributed by atoms with Crippen molar-refractivity contribution in [2.45, 2.75) is 57.2 Å². The van der Waals surface area contributed by atoms with E-state index in [0.29, 0.717) is 11.6 Å². The Morgan fingerprint density at radius 1 is 1.20 bits per heavy atom. The van der Waals surface area contributed by atoms with Crippen molar-refractivity contribution in [1.82, 2.24) is 10.2 Å². The number of hydrogen-bond donors (Lipinski definition) is 1. The van der Waals surface area contributed by atoms with E-state index in [1.54, 1.807) is 12.1 Å². The van der Waals surface area contributed by atoms with Crippen molar-refractivity contribution >= 4 is 0 Å². The van der Waals surface area contributed by atoms with Gasteiger partial charge in [0.15, 0.2) is 0 Å². The molecule has 1 aromatic carbocycles. The molecule has 1 saturated carbocycles. The van der Waals surface area contributed by atoms with Gasteiger partial charge >= 0.3 is 0 Å². The van der Waals surface area contributed by atoms with Crippen LogP contribution in [0.2, 0.25) is 0 Å². The summed E-state index contributed by atoms with van der Waals surface area (Å²) in [5.41, 5.74) is 1.56. The van der Waals surface area contributed by atoms with Crippen LogP contribution in [0.5, 0.6) is 0 Å². The van der Waals surface area contributed by atoms with Gasteiger partial charge in [0.25, 0.3) is 0 Å². The van der Waals surface area contributed by atoms with Crippen molar-refractivity contribution in [3.63, 3.8) is 0 Å². The van der Waals surface area contributed by atoms with Gasteiger partial charge in [0, 0.05) is 31.2 Å². The average Bonchev–Trinajstić information content (AvgIpc) is 2.47. The largest absolute Gasteiger partial charge is 0.311 e. The van der Waals surface area contributed by atoms with E-state index >= 15 is 0 Å². The van der Waals surface area contributed by atoms with Gasteiger partial charge in [-0.05, 0) is 37.5 Å². The Kier molecular flexibility index (Phi) is 4.08. The summed E-state index contributed by atoms with van der Waals surface area (Å²) in [6.45, 7) is 5.41. The molecule has 3 rings (SSSR count). The Hall–Kier alpha value is -0.930. The fraction of sp³-hybridized carbons (Fsp3) is 0.647. The third-order valence-corrected chi connectivity index (χ3v) is 5.02. The van der Waals surface area contributed by atoms with Crippen LogP contribution in [0.15, 0.2) is 24.3 Å². The standard InChI is InChI=1S/C17H25FN2/c1-14-11-20(12-15-5-7-16(18)8-6-15)17(13-19-14)9-3-2-4-10-17/h5-8,14,19H,2-4,9-13H2,1H3. The van der Waals surface area contributed by atoms with Crippen molar-refractivity contribution < 1.29 is 4.39 Å². The minimum atomic E-state index is -0.144. The second kappa shape index (κ2) is 5.82. The van der Waals surface area contributed by atoms with Gasteiger partial charge in [0.2, 0.25) is 0 Å². The second-order valence-electron chi connectivity index (χ2n) is 6.57. The summed E-state index contributed by atoms with van der Waals surface area (Å²) in [4.78, 5) is 2.65. The van der Waals surface area contributed by atoms with E-state index in [-0.39, 0.29) is 5.82 Å². The van der Waals surface area contributed by atoms with Gasteiger partial charge in [-0.3, -0.25) is 4.90 Å². The van der Waals surface area contributed by atoms with Crippen LogP contribution in [0, 0.1) is 5.82 Å². The fourth-order valence-electron chi connectivity index (χ4n) is 3.81. The molecule has 0 amide bonds. The number of rotatable bonds is 2. The summed E-state index contributed by atoms with van der Waals surface area (Å²) in [6, 6.07) is 7.56. The molecule has 1 atom stereocenters. The number of nitrogens with zero attached hydrogens (tertiary/aromatic N) is 1. The highest BCUT2D eigenvalue weighted by molar-refractivity contribution is 5.17. The molecule has 3 heteroatoms. The maximum absolute atomic E-state index is 13.1. The van der Waals surface area contributed by atoms with Crippen LogP contribution >= 0.6 is 0 Å². The van der Waals surface area contributed by atoms with Crippen molar-refractivity contribution in [3.8, 4) is 0 Å². The average molecular weight is 276 g/mol. The molecule has 1 heterocycles. The highest BCUT2D eigenvalue weighted by Gasteiger charge is 2.41. The summed E-state index contributed by atoms with van der Waals surface area (Å²) in [7, 11) is 0. The molecular weight excluding hydrogens is 251 g/mol. The van der Waals surface area contributed by atoms with Crippen LogP contribution in [0.25, 0.3) is 0 Å². The lowest BCUT2D eigenvalue weighted by Gasteiger charge is -2.51. The van der Waals surface area contributed by atoms with Crippen LogP contribution in [0.3, 0.4) is 0 Å². The van der Waals surface area contributed by atoms with E-state index in [1.165, 1.54) is 37.7 Å². The maximum atomic E-state index is 13.1. The van der Waals surface area contributed by atoms with Gasteiger partial charge in [-0.15, -0.1) is 0 Å². The topological polar surface area (TPSA) is 15.3 Å². The van der Waals surface area contributed by atoms with E-state index in [0.717, 1.165) is 19.6 Å².